The van der Waals surface area contributed by atoms with Gasteiger partial charge in [-0.05, 0) is 105 Å². The molecule has 0 saturated heterocycles. The van der Waals surface area contributed by atoms with Crippen molar-refractivity contribution in [2.45, 2.75) is 38.0 Å². The highest BCUT2D eigenvalue weighted by molar-refractivity contribution is 6.15. The first-order valence-corrected chi connectivity index (χ1v) is 19.8. The maximum Gasteiger partial charge on any atom is 0.137 e. The van der Waals surface area contributed by atoms with Crippen LogP contribution < -0.4 is 0 Å². The second kappa shape index (κ2) is 11.6. The van der Waals surface area contributed by atoms with Gasteiger partial charge in [-0.25, -0.2) is 0 Å². The summed E-state index contributed by atoms with van der Waals surface area (Å²) in [6.45, 7) is 4.71. The van der Waals surface area contributed by atoms with E-state index in [1.54, 1.807) is 0 Å². The Morgan fingerprint density at radius 1 is 0.625 bits per heavy atom. The molecule has 1 atom stereocenters. The van der Waals surface area contributed by atoms with Gasteiger partial charge in [-0.3, -0.25) is 4.99 Å². The molecule has 0 amide bonds. The van der Waals surface area contributed by atoms with Crippen LogP contribution >= 0.6 is 0 Å². The van der Waals surface area contributed by atoms with E-state index in [4.69, 9.17) is 9.41 Å². The summed E-state index contributed by atoms with van der Waals surface area (Å²) >= 11 is 0. The van der Waals surface area contributed by atoms with E-state index in [1.807, 2.05) is 0 Å². The molecule has 0 saturated carbocycles. The zero-order valence-corrected chi connectivity index (χ0v) is 31.4. The molecule has 7 aromatic carbocycles. The fraction of sp³-hybridized carbons (Fsp3) is 0.113. The van der Waals surface area contributed by atoms with Crippen LogP contribution in [0.5, 0.6) is 0 Å². The van der Waals surface area contributed by atoms with Crippen LogP contribution in [0.3, 0.4) is 0 Å². The molecule has 2 aromatic heterocycles. The topological polar surface area (TPSA) is 30.4 Å². The predicted octanol–water partition coefficient (Wildman–Crippen LogP) is 14.2. The Labute approximate surface area is 325 Å². The minimum atomic E-state index is -0.0575. The SMILES string of the molecule is CC1(C)c2ccccc2-c2cc3c(cc21)c1ccccc1n3-c1ccc2c(c1)oc1cccc(-c3ccc(C4C(C5=CCCC=C5)=Nc5ccccc54)cc3)c12. The zero-order chi connectivity index (χ0) is 37.1. The number of furan rings is 1. The maximum absolute atomic E-state index is 6.71. The van der Waals surface area contributed by atoms with Crippen molar-refractivity contribution in [3.05, 3.63) is 192 Å². The maximum atomic E-state index is 6.71. The lowest BCUT2D eigenvalue weighted by molar-refractivity contribution is 0.661. The molecule has 3 aliphatic rings. The molecule has 12 rings (SSSR count). The normalized spacial score (nSPS) is 16.7. The molecule has 266 valence electrons. The molecule has 3 nitrogen and oxygen atoms in total. The Hall–Kier alpha value is -6.71. The standard InChI is InChI=1S/C53H38N2O/c1-53(2)43-19-9-6-15-37(43)41-31-47-42(30-44(41)53)38-16-8-11-21-46(38)55(47)35-27-28-40-49(29-35)56-48-22-12-18-36(51(40)48)32-23-25-33(26-24-32)50-39-17-7-10-20-45(39)54-52(50)34-13-4-3-5-14-34/h4,6-31,50H,3,5H2,1-2H3. The third kappa shape index (κ3) is 4.43. The zero-order valence-electron chi connectivity index (χ0n) is 31.4. The number of para-hydroxylation sites is 2. The highest BCUT2D eigenvalue weighted by atomic mass is 16.3. The number of allylic oxidation sites excluding steroid dienone is 4. The first-order valence-electron chi connectivity index (χ1n) is 19.8. The second-order valence-corrected chi connectivity index (χ2v) is 16.1. The van der Waals surface area contributed by atoms with E-state index in [0.717, 1.165) is 51.9 Å². The van der Waals surface area contributed by atoms with Gasteiger partial charge in [0.15, 0.2) is 0 Å². The van der Waals surface area contributed by atoms with Gasteiger partial charge >= 0.3 is 0 Å². The number of aliphatic imine (C=N–C) groups is 1. The van der Waals surface area contributed by atoms with E-state index < -0.39 is 0 Å². The number of benzene rings is 7. The second-order valence-electron chi connectivity index (χ2n) is 16.1. The first kappa shape index (κ1) is 31.6. The molecular formula is C53H38N2O. The van der Waals surface area contributed by atoms with Gasteiger partial charge < -0.3 is 8.98 Å². The fourth-order valence-corrected chi connectivity index (χ4v) is 10.0. The van der Waals surface area contributed by atoms with Crippen LogP contribution in [0.4, 0.5) is 5.69 Å². The average Bonchev–Trinajstić information content (AvgIpc) is 3.97. The Morgan fingerprint density at radius 3 is 2.34 bits per heavy atom. The Balaban J connectivity index is 0.973. The lowest BCUT2D eigenvalue weighted by Gasteiger charge is -2.21. The molecule has 2 aliphatic carbocycles. The lowest BCUT2D eigenvalue weighted by Crippen LogP contribution is -2.14. The minimum absolute atomic E-state index is 0.0575. The summed E-state index contributed by atoms with van der Waals surface area (Å²) in [5.41, 5.74) is 19.0. The number of fused-ring (bicyclic) bond motifs is 10. The summed E-state index contributed by atoms with van der Waals surface area (Å²) in [7, 11) is 0. The highest BCUT2D eigenvalue weighted by Crippen LogP contribution is 2.51. The number of aromatic nitrogens is 1. The molecule has 0 N–H and O–H groups in total. The van der Waals surface area contributed by atoms with Gasteiger partial charge in [0.1, 0.15) is 11.2 Å². The molecule has 1 unspecified atom stereocenters. The van der Waals surface area contributed by atoms with Crippen molar-refractivity contribution in [1.82, 2.24) is 4.57 Å². The molecule has 0 spiro atoms. The molecule has 3 heteroatoms. The monoisotopic (exact) mass is 718 g/mol. The highest BCUT2D eigenvalue weighted by Gasteiger charge is 2.36. The van der Waals surface area contributed by atoms with Crippen LogP contribution in [0, 0.1) is 0 Å². The number of hydrogen-bond acceptors (Lipinski definition) is 2. The molecule has 0 fully saturated rings. The van der Waals surface area contributed by atoms with E-state index in [-0.39, 0.29) is 11.3 Å². The molecular weight excluding hydrogens is 681 g/mol. The third-order valence-electron chi connectivity index (χ3n) is 12.7. The van der Waals surface area contributed by atoms with E-state index in [0.29, 0.717) is 0 Å². The predicted molar refractivity (Wildman–Crippen MR) is 233 cm³/mol. The van der Waals surface area contributed by atoms with Crippen LogP contribution in [-0.2, 0) is 5.41 Å². The Morgan fingerprint density at radius 2 is 1.45 bits per heavy atom. The van der Waals surface area contributed by atoms with Gasteiger partial charge in [0.2, 0.25) is 0 Å². The van der Waals surface area contributed by atoms with Crippen molar-refractivity contribution in [3.8, 4) is 27.9 Å². The largest absolute Gasteiger partial charge is 0.456 e. The van der Waals surface area contributed by atoms with Gasteiger partial charge in [-0.15, -0.1) is 0 Å². The average molecular weight is 719 g/mol. The summed E-state index contributed by atoms with van der Waals surface area (Å²) < 4.78 is 9.13. The number of nitrogens with zero attached hydrogens (tertiary/aromatic N) is 2. The molecule has 0 radical (unpaired) electrons. The van der Waals surface area contributed by atoms with Crippen LogP contribution in [0.25, 0.3) is 71.7 Å². The van der Waals surface area contributed by atoms with E-state index in [1.165, 1.54) is 71.9 Å². The van der Waals surface area contributed by atoms with Crippen LogP contribution in [0.1, 0.15) is 54.9 Å². The van der Waals surface area contributed by atoms with Crippen molar-refractivity contribution < 1.29 is 4.42 Å². The van der Waals surface area contributed by atoms with Crippen molar-refractivity contribution in [2.75, 3.05) is 0 Å². The van der Waals surface area contributed by atoms with Gasteiger partial charge in [-0.2, -0.15) is 0 Å². The van der Waals surface area contributed by atoms with E-state index in [2.05, 4.69) is 182 Å². The van der Waals surface area contributed by atoms with Crippen molar-refractivity contribution in [2.24, 2.45) is 4.99 Å². The molecule has 56 heavy (non-hydrogen) atoms. The lowest BCUT2D eigenvalue weighted by atomic mass is 9.82. The van der Waals surface area contributed by atoms with Gasteiger partial charge in [0.25, 0.3) is 0 Å². The molecule has 0 bridgehead atoms. The third-order valence-corrected chi connectivity index (χ3v) is 12.7. The summed E-state index contributed by atoms with van der Waals surface area (Å²) in [5.74, 6) is 0.112. The molecule has 3 heterocycles. The number of hydrogen-bond donors (Lipinski definition) is 0. The van der Waals surface area contributed by atoms with E-state index in [9.17, 15) is 0 Å². The van der Waals surface area contributed by atoms with Crippen LogP contribution in [-0.4, -0.2) is 10.3 Å². The summed E-state index contributed by atoms with van der Waals surface area (Å²) in [6.07, 6.45) is 9.01. The summed E-state index contributed by atoms with van der Waals surface area (Å²) in [4.78, 5) is 5.15. The van der Waals surface area contributed by atoms with Crippen molar-refractivity contribution in [3.63, 3.8) is 0 Å². The Bertz CT molecular complexity index is 3220. The first-order chi connectivity index (χ1) is 27.5. The fourth-order valence-electron chi connectivity index (χ4n) is 10.0. The van der Waals surface area contributed by atoms with Crippen molar-refractivity contribution >= 4 is 55.1 Å². The number of rotatable bonds is 4. The van der Waals surface area contributed by atoms with E-state index >= 15 is 0 Å². The van der Waals surface area contributed by atoms with Crippen molar-refractivity contribution in [1.29, 1.82) is 0 Å². The van der Waals surface area contributed by atoms with Gasteiger partial charge in [-0.1, -0.05) is 129 Å². The molecule has 1 aliphatic heterocycles. The summed E-state index contributed by atoms with van der Waals surface area (Å²) in [6, 6.07) is 53.5. The molecule has 9 aromatic rings. The quantitative estimate of drug-likeness (QED) is 0.178. The summed E-state index contributed by atoms with van der Waals surface area (Å²) in [5, 5.41) is 4.81. The van der Waals surface area contributed by atoms with Gasteiger partial charge in [0, 0.05) is 38.7 Å². The minimum Gasteiger partial charge on any atom is -0.456 e. The van der Waals surface area contributed by atoms with Crippen LogP contribution in [0.2, 0.25) is 0 Å². The smallest absolute Gasteiger partial charge is 0.137 e. The van der Waals surface area contributed by atoms with Crippen LogP contribution in [0.15, 0.2) is 179 Å². The Kier molecular flexibility index (Phi) is 6.58. The van der Waals surface area contributed by atoms with Gasteiger partial charge in [0.05, 0.1) is 28.4 Å².